The second kappa shape index (κ2) is 2.91. The minimum absolute atomic E-state index is 0.00468. The average Bonchev–Trinajstić information content (AvgIpc) is 2.16. The zero-order valence-electron chi connectivity index (χ0n) is 7.27. The van der Waals surface area contributed by atoms with Crippen molar-refractivity contribution >= 4 is 23.1 Å². The van der Waals surface area contributed by atoms with Crippen LogP contribution >= 0.6 is 0 Å². The number of hydrogen-bond donors (Lipinski definition) is 3. The normalized spacial score (nSPS) is 10.4. The van der Waals surface area contributed by atoms with Crippen LogP contribution in [0.5, 0.6) is 0 Å². The number of nitrogens with two attached hydrogens (primary N) is 1. The van der Waals surface area contributed by atoms with Gasteiger partial charge in [-0.1, -0.05) is 0 Å². The summed E-state index contributed by atoms with van der Waals surface area (Å²) in [5.41, 5.74) is 5.13. The largest absolute Gasteiger partial charge is 0.369 e. The van der Waals surface area contributed by atoms with Gasteiger partial charge in [-0.2, -0.15) is 9.97 Å². The average molecular weight is 193 g/mol. The summed E-state index contributed by atoms with van der Waals surface area (Å²) in [6.45, 7) is 0. The summed E-state index contributed by atoms with van der Waals surface area (Å²) in [7, 11) is 1.64. The van der Waals surface area contributed by atoms with Crippen molar-refractivity contribution in [2.75, 3.05) is 18.1 Å². The van der Waals surface area contributed by atoms with Crippen molar-refractivity contribution in [3.8, 4) is 0 Å². The number of aromatic amines is 1. The second-order valence-corrected chi connectivity index (χ2v) is 2.51. The minimum Gasteiger partial charge on any atom is -0.369 e. The lowest BCUT2D eigenvalue weighted by Gasteiger charge is -1.98. The molecule has 8 nitrogen and oxygen atoms in total. The van der Waals surface area contributed by atoms with Gasteiger partial charge in [-0.25, -0.2) is 0 Å². The van der Waals surface area contributed by atoms with Gasteiger partial charge in [0.25, 0.3) is 5.56 Å². The Kier molecular flexibility index (Phi) is 1.73. The van der Waals surface area contributed by atoms with E-state index >= 15 is 0 Å². The minimum atomic E-state index is -0.449. The standard InChI is InChI=1S/C6H7N7O/c1-8-6-10-3-2(12-13-6)4(14)11-5(7)9-3/h1H3,(H4,7,8,9,10,11,13,14). The molecule has 0 bridgehead atoms. The second-order valence-electron chi connectivity index (χ2n) is 2.51. The van der Waals surface area contributed by atoms with Crippen LogP contribution in [0.4, 0.5) is 11.9 Å². The van der Waals surface area contributed by atoms with Crippen LogP contribution in [0.2, 0.25) is 0 Å². The van der Waals surface area contributed by atoms with Crippen molar-refractivity contribution in [1.29, 1.82) is 0 Å². The number of nitrogen functional groups attached to an aromatic ring is 1. The molecule has 0 atom stereocenters. The first-order chi connectivity index (χ1) is 6.70. The van der Waals surface area contributed by atoms with Crippen LogP contribution in [0.15, 0.2) is 4.79 Å². The van der Waals surface area contributed by atoms with E-state index in [-0.39, 0.29) is 23.1 Å². The third-order valence-corrected chi connectivity index (χ3v) is 1.57. The van der Waals surface area contributed by atoms with E-state index in [0.717, 1.165) is 0 Å². The summed E-state index contributed by atoms with van der Waals surface area (Å²) >= 11 is 0. The smallest absolute Gasteiger partial charge is 0.282 e. The molecule has 0 aromatic carbocycles. The first-order valence-corrected chi connectivity index (χ1v) is 3.78. The molecule has 4 N–H and O–H groups in total. The van der Waals surface area contributed by atoms with Crippen LogP contribution in [-0.4, -0.2) is 32.2 Å². The lowest BCUT2D eigenvalue weighted by molar-refractivity contribution is 0.991. The molecule has 8 heteroatoms. The summed E-state index contributed by atoms with van der Waals surface area (Å²) in [6, 6.07) is 0. The number of anilines is 2. The molecule has 0 amide bonds. The SMILES string of the molecule is CNc1nnc2c(=O)[nH]c(N)nc2n1. The third-order valence-electron chi connectivity index (χ3n) is 1.57. The Hall–Kier alpha value is -2.25. The molecule has 0 radical (unpaired) electrons. The van der Waals surface area contributed by atoms with Crippen molar-refractivity contribution in [3.63, 3.8) is 0 Å². The topological polar surface area (TPSA) is 122 Å². The van der Waals surface area contributed by atoms with Crippen molar-refractivity contribution < 1.29 is 0 Å². The van der Waals surface area contributed by atoms with E-state index in [9.17, 15) is 4.79 Å². The lowest BCUT2D eigenvalue weighted by atomic mass is 10.5. The zero-order chi connectivity index (χ0) is 10.1. The number of nitrogens with one attached hydrogen (secondary N) is 2. The van der Waals surface area contributed by atoms with E-state index in [4.69, 9.17) is 5.73 Å². The summed E-state index contributed by atoms with van der Waals surface area (Å²) < 4.78 is 0. The summed E-state index contributed by atoms with van der Waals surface area (Å²) in [6.07, 6.45) is 0. The zero-order valence-corrected chi connectivity index (χ0v) is 7.27. The molecule has 0 saturated heterocycles. The number of hydrogen-bond acceptors (Lipinski definition) is 7. The molecule has 0 fully saturated rings. The highest BCUT2D eigenvalue weighted by atomic mass is 16.1. The fourth-order valence-electron chi connectivity index (χ4n) is 0.966. The van der Waals surface area contributed by atoms with E-state index in [1.165, 1.54) is 0 Å². The Morgan fingerprint density at radius 1 is 1.36 bits per heavy atom. The first-order valence-electron chi connectivity index (χ1n) is 3.78. The van der Waals surface area contributed by atoms with Crippen LogP contribution in [0.25, 0.3) is 11.2 Å². The van der Waals surface area contributed by atoms with E-state index in [1.807, 2.05) is 0 Å². The fraction of sp³-hybridized carbons (Fsp3) is 0.167. The molecule has 0 unspecified atom stereocenters. The van der Waals surface area contributed by atoms with Crippen molar-refractivity contribution in [1.82, 2.24) is 25.1 Å². The maximum Gasteiger partial charge on any atom is 0.282 e. The molecule has 2 rings (SSSR count). The van der Waals surface area contributed by atoms with Crippen LogP contribution in [0, 0.1) is 0 Å². The molecule has 72 valence electrons. The monoisotopic (exact) mass is 193 g/mol. The molecule has 0 aliphatic rings. The van der Waals surface area contributed by atoms with Gasteiger partial charge in [0, 0.05) is 7.05 Å². The number of H-pyrrole nitrogens is 1. The first kappa shape index (κ1) is 8.35. The third kappa shape index (κ3) is 1.22. The highest BCUT2D eigenvalue weighted by Gasteiger charge is 2.06. The van der Waals surface area contributed by atoms with Gasteiger partial charge in [-0.15, -0.1) is 10.2 Å². The summed E-state index contributed by atoms with van der Waals surface area (Å²) in [5, 5.41) is 9.98. The van der Waals surface area contributed by atoms with Crippen LogP contribution < -0.4 is 16.6 Å². The summed E-state index contributed by atoms with van der Waals surface area (Å²) in [4.78, 5) is 21.3. The van der Waals surface area contributed by atoms with Gasteiger partial charge in [0.15, 0.2) is 11.2 Å². The van der Waals surface area contributed by atoms with Gasteiger partial charge in [0.05, 0.1) is 0 Å². The van der Waals surface area contributed by atoms with Gasteiger partial charge < -0.3 is 11.1 Å². The van der Waals surface area contributed by atoms with E-state index in [2.05, 4.69) is 30.5 Å². The predicted molar refractivity (Wildman–Crippen MR) is 49.7 cm³/mol. The highest BCUT2D eigenvalue weighted by Crippen LogP contribution is 2.02. The van der Waals surface area contributed by atoms with Gasteiger partial charge in [-0.05, 0) is 0 Å². The summed E-state index contributed by atoms with van der Waals surface area (Å²) in [5.74, 6) is 0.292. The van der Waals surface area contributed by atoms with Crippen molar-refractivity contribution in [3.05, 3.63) is 10.4 Å². The number of fused-ring (bicyclic) bond motifs is 1. The molecular formula is C6H7N7O. The maximum absolute atomic E-state index is 11.3. The van der Waals surface area contributed by atoms with Gasteiger partial charge in [-0.3, -0.25) is 9.78 Å². The Morgan fingerprint density at radius 2 is 2.14 bits per heavy atom. The lowest BCUT2D eigenvalue weighted by Crippen LogP contribution is -2.14. The van der Waals surface area contributed by atoms with Gasteiger partial charge >= 0.3 is 0 Å². The van der Waals surface area contributed by atoms with E-state index < -0.39 is 5.56 Å². The number of nitrogens with zero attached hydrogens (tertiary/aromatic N) is 4. The van der Waals surface area contributed by atoms with E-state index in [1.54, 1.807) is 7.05 Å². The molecule has 0 aliphatic heterocycles. The van der Waals surface area contributed by atoms with Crippen LogP contribution in [0.3, 0.4) is 0 Å². The van der Waals surface area contributed by atoms with Crippen LogP contribution in [0.1, 0.15) is 0 Å². The predicted octanol–water partition coefficient (Wildman–Crippen LogP) is -1.27. The van der Waals surface area contributed by atoms with Crippen molar-refractivity contribution in [2.45, 2.75) is 0 Å². The van der Waals surface area contributed by atoms with Gasteiger partial charge in [0.1, 0.15) is 0 Å². The van der Waals surface area contributed by atoms with Gasteiger partial charge in [0.2, 0.25) is 11.9 Å². The molecule has 0 spiro atoms. The molecule has 2 aromatic rings. The molecule has 2 aromatic heterocycles. The van der Waals surface area contributed by atoms with Crippen molar-refractivity contribution in [2.24, 2.45) is 0 Å². The Balaban J connectivity index is 2.82. The Labute approximate surface area is 77.6 Å². The maximum atomic E-state index is 11.3. The highest BCUT2D eigenvalue weighted by molar-refractivity contribution is 5.69. The molecular weight excluding hydrogens is 186 g/mol. The van der Waals surface area contributed by atoms with Crippen LogP contribution in [-0.2, 0) is 0 Å². The quantitative estimate of drug-likeness (QED) is 0.516. The fourth-order valence-corrected chi connectivity index (χ4v) is 0.966. The Morgan fingerprint density at radius 3 is 2.86 bits per heavy atom. The number of rotatable bonds is 1. The molecule has 0 saturated carbocycles. The Bertz CT molecular complexity index is 533. The number of aromatic nitrogens is 5. The van der Waals surface area contributed by atoms with E-state index in [0.29, 0.717) is 0 Å². The molecule has 2 heterocycles. The molecule has 0 aliphatic carbocycles. The molecule has 14 heavy (non-hydrogen) atoms.